The molecule has 0 aliphatic carbocycles. The average molecular weight is 422 g/mol. The summed E-state index contributed by atoms with van der Waals surface area (Å²) in [5.74, 6) is -1.25. The third kappa shape index (κ3) is 5.28. The minimum atomic E-state index is -0.719. The molecule has 1 aliphatic rings. The van der Waals surface area contributed by atoms with Gasteiger partial charge in [0.25, 0.3) is 11.1 Å². The monoisotopic (exact) mass is 421 g/mol. The molecule has 0 bridgehead atoms. The van der Waals surface area contributed by atoms with Crippen molar-refractivity contribution in [1.29, 1.82) is 0 Å². The average Bonchev–Trinajstić information content (AvgIpc) is 3.36. The van der Waals surface area contributed by atoms with Gasteiger partial charge in [0.1, 0.15) is 6.54 Å². The van der Waals surface area contributed by atoms with Crippen LogP contribution in [-0.4, -0.2) is 41.1 Å². The lowest BCUT2D eigenvalue weighted by atomic mass is 10.3. The minimum Gasteiger partial charge on any atom is -0.337 e. The summed E-state index contributed by atoms with van der Waals surface area (Å²) < 4.78 is 0. The Kier molecular flexibility index (Phi) is 6.43. The van der Waals surface area contributed by atoms with Gasteiger partial charge in [0, 0.05) is 16.3 Å². The Morgan fingerprint density at radius 2 is 1.89 bits per heavy atom. The van der Waals surface area contributed by atoms with Crippen LogP contribution in [0.5, 0.6) is 0 Å². The van der Waals surface area contributed by atoms with Crippen molar-refractivity contribution < 1.29 is 19.2 Å². The number of carbonyl (C=O) groups is 4. The number of nitrogens with one attached hydrogen (secondary N) is 2. The molecule has 5 amide bonds. The SMILES string of the molecule is O=C(CN1C(=O)S/C(=C\c2cccs2)C1=O)NC(=O)NCCc1cccs1. The number of thiophene rings is 2. The van der Waals surface area contributed by atoms with Gasteiger partial charge in [-0.2, -0.15) is 0 Å². The summed E-state index contributed by atoms with van der Waals surface area (Å²) >= 11 is 3.80. The second-order valence-corrected chi connectivity index (χ2v) is 8.42. The first-order valence-corrected chi connectivity index (χ1v) is 10.5. The van der Waals surface area contributed by atoms with Crippen molar-refractivity contribution >= 4 is 63.6 Å². The molecule has 1 fully saturated rings. The number of nitrogens with zero attached hydrogens (tertiary/aromatic N) is 1. The first-order valence-electron chi connectivity index (χ1n) is 7.92. The Labute approximate surface area is 167 Å². The first-order chi connectivity index (χ1) is 13.0. The van der Waals surface area contributed by atoms with E-state index in [-0.39, 0.29) is 4.91 Å². The normalized spacial score (nSPS) is 15.4. The molecule has 3 rings (SSSR count). The van der Waals surface area contributed by atoms with E-state index in [0.29, 0.717) is 13.0 Å². The van der Waals surface area contributed by atoms with E-state index < -0.39 is 29.6 Å². The zero-order valence-electron chi connectivity index (χ0n) is 14.0. The highest BCUT2D eigenvalue weighted by molar-refractivity contribution is 8.18. The van der Waals surface area contributed by atoms with Crippen LogP contribution >= 0.6 is 34.4 Å². The van der Waals surface area contributed by atoms with Gasteiger partial charge in [0.2, 0.25) is 5.91 Å². The number of imide groups is 2. The fraction of sp³-hybridized carbons (Fsp3) is 0.176. The molecule has 0 atom stereocenters. The number of hydrogen-bond donors (Lipinski definition) is 2. The molecule has 7 nitrogen and oxygen atoms in total. The third-order valence-electron chi connectivity index (χ3n) is 3.48. The van der Waals surface area contributed by atoms with Crippen LogP contribution in [-0.2, 0) is 16.0 Å². The molecule has 27 heavy (non-hydrogen) atoms. The molecular weight excluding hydrogens is 406 g/mol. The maximum atomic E-state index is 12.3. The van der Waals surface area contributed by atoms with E-state index in [1.165, 1.54) is 11.3 Å². The van der Waals surface area contributed by atoms with Crippen LogP contribution in [0.1, 0.15) is 9.75 Å². The lowest BCUT2D eigenvalue weighted by Gasteiger charge is -2.12. The molecule has 0 spiro atoms. The van der Waals surface area contributed by atoms with Crippen LogP contribution in [0.3, 0.4) is 0 Å². The van der Waals surface area contributed by atoms with Gasteiger partial charge < -0.3 is 5.32 Å². The Morgan fingerprint density at radius 3 is 2.59 bits per heavy atom. The molecule has 140 valence electrons. The first kappa shape index (κ1) is 19.3. The number of amides is 5. The molecule has 2 aromatic rings. The van der Waals surface area contributed by atoms with Gasteiger partial charge >= 0.3 is 6.03 Å². The summed E-state index contributed by atoms with van der Waals surface area (Å²) in [6.45, 7) is -0.116. The highest BCUT2D eigenvalue weighted by Gasteiger charge is 2.36. The van der Waals surface area contributed by atoms with Crippen molar-refractivity contribution in [3.05, 3.63) is 49.7 Å². The standard InChI is InChI=1S/C17H15N3O4S3/c21-14(19-16(23)18-6-5-11-3-1-7-25-11)10-20-15(22)13(27-17(20)24)9-12-4-2-8-26-12/h1-4,7-9H,5-6,10H2,(H2,18,19,21,23)/b13-9-. The summed E-state index contributed by atoms with van der Waals surface area (Å²) in [4.78, 5) is 51.1. The fourth-order valence-electron chi connectivity index (χ4n) is 2.25. The van der Waals surface area contributed by atoms with Gasteiger partial charge in [-0.3, -0.25) is 24.6 Å². The zero-order chi connectivity index (χ0) is 19.2. The van der Waals surface area contributed by atoms with E-state index in [4.69, 9.17) is 0 Å². The molecule has 0 radical (unpaired) electrons. The molecule has 0 aromatic carbocycles. The van der Waals surface area contributed by atoms with E-state index in [0.717, 1.165) is 26.4 Å². The van der Waals surface area contributed by atoms with Gasteiger partial charge in [0.15, 0.2) is 0 Å². The van der Waals surface area contributed by atoms with E-state index >= 15 is 0 Å². The second-order valence-electron chi connectivity index (χ2n) is 5.42. The van der Waals surface area contributed by atoms with E-state index in [9.17, 15) is 19.2 Å². The Balaban J connectivity index is 1.47. The summed E-state index contributed by atoms with van der Waals surface area (Å²) in [6.07, 6.45) is 2.28. The highest BCUT2D eigenvalue weighted by atomic mass is 32.2. The molecule has 2 N–H and O–H groups in total. The van der Waals surface area contributed by atoms with Crippen molar-refractivity contribution in [2.24, 2.45) is 0 Å². The number of hydrogen-bond acceptors (Lipinski definition) is 7. The van der Waals surface area contributed by atoms with Crippen molar-refractivity contribution in [1.82, 2.24) is 15.5 Å². The maximum Gasteiger partial charge on any atom is 0.321 e. The third-order valence-corrected chi connectivity index (χ3v) is 6.14. The topological polar surface area (TPSA) is 95.6 Å². The molecular formula is C17H15N3O4S3. The zero-order valence-corrected chi connectivity index (χ0v) is 16.4. The number of rotatable bonds is 6. The minimum absolute atomic E-state index is 0.260. The van der Waals surface area contributed by atoms with E-state index in [1.807, 2.05) is 35.0 Å². The van der Waals surface area contributed by atoms with Crippen molar-refractivity contribution in [3.63, 3.8) is 0 Å². The van der Waals surface area contributed by atoms with Gasteiger partial charge in [-0.15, -0.1) is 22.7 Å². The van der Waals surface area contributed by atoms with Crippen molar-refractivity contribution in [2.75, 3.05) is 13.1 Å². The van der Waals surface area contributed by atoms with Crippen molar-refractivity contribution in [2.45, 2.75) is 6.42 Å². The number of thioether (sulfide) groups is 1. The van der Waals surface area contributed by atoms with Gasteiger partial charge in [-0.05, 0) is 47.2 Å². The van der Waals surface area contributed by atoms with Gasteiger partial charge in [0.05, 0.1) is 4.91 Å². The molecule has 1 aliphatic heterocycles. The Morgan fingerprint density at radius 1 is 1.11 bits per heavy atom. The maximum absolute atomic E-state index is 12.3. The summed E-state index contributed by atoms with van der Waals surface area (Å²) in [7, 11) is 0. The summed E-state index contributed by atoms with van der Waals surface area (Å²) in [5.41, 5.74) is 0. The molecule has 10 heteroatoms. The highest BCUT2D eigenvalue weighted by Crippen LogP contribution is 2.32. The predicted molar refractivity (Wildman–Crippen MR) is 107 cm³/mol. The van der Waals surface area contributed by atoms with E-state index in [1.54, 1.807) is 17.4 Å². The van der Waals surface area contributed by atoms with Crippen LogP contribution in [0.4, 0.5) is 9.59 Å². The fourth-order valence-corrected chi connectivity index (χ4v) is 4.52. The number of carbonyl (C=O) groups excluding carboxylic acids is 4. The summed E-state index contributed by atoms with van der Waals surface area (Å²) in [6, 6.07) is 6.89. The van der Waals surface area contributed by atoms with E-state index in [2.05, 4.69) is 10.6 Å². The predicted octanol–water partition coefficient (Wildman–Crippen LogP) is 2.91. The molecule has 0 unspecified atom stereocenters. The molecule has 0 saturated carbocycles. The quantitative estimate of drug-likeness (QED) is 0.699. The second kappa shape index (κ2) is 8.98. The van der Waals surface area contributed by atoms with Crippen LogP contribution in [0.2, 0.25) is 0 Å². The van der Waals surface area contributed by atoms with Crippen LogP contribution in [0.15, 0.2) is 39.9 Å². The lowest BCUT2D eigenvalue weighted by Crippen LogP contribution is -2.45. The molecule has 3 heterocycles. The van der Waals surface area contributed by atoms with Crippen LogP contribution in [0, 0.1) is 0 Å². The smallest absolute Gasteiger partial charge is 0.321 e. The number of urea groups is 1. The Bertz CT molecular complexity index is 875. The molecule has 2 aromatic heterocycles. The lowest BCUT2D eigenvalue weighted by molar-refractivity contribution is -0.128. The van der Waals surface area contributed by atoms with Gasteiger partial charge in [-0.25, -0.2) is 4.79 Å². The largest absolute Gasteiger partial charge is 0.337 e. The van der Waals surface area contributed by atoms with Crippen LogP contribution in [0.25, 0.3) is 6.08 Å². The van der Waals surface area contributed by atoms with Gasteiger partial charge in [-0.1, -0.05) is 12.1 Å². The van der Waals surface area contributed by atoms with Crippen molar-refractivity contribution in [3.8, 4) is 0 Å². The van der Waals surface area contributed by atoms with Crippen LogP contribution < -0.4 is 10.6 Å². The molecule has 1 saturated heterocycles. The Hall–Kier alpha value is -2.43. The summed E-state index contributed by atoms with van der Waals surface area (Å²) in [5, 5.41) is 7.98.